The minimum absolute atomic E-state index is 0. The fraction of sp³-hybridized carbons (Fsp3) is 0.800. The zero-order valence-corrected chi connectivity index (χ0v) is 20.3. The molecule has 0 amide bonds. The first kappa shape index (κ1) is 33.0. The predicted octanol–water partition coefficient (Wildman–Crippen LogP) is 1.76. The number of hydrogen-bond acceptors (Lipinski definition) is 7. The van der Waals surface area contributed by atoms with Crippen molar-refractivity contribution in [3.63, 3.8) is 0 Å². The van der Waals surface area contributed by atoms with E-state index >= 15 is 0 Å². The predicted molar refractivity (Wildman–Crippen MR) is 115 cm³/mol. The van der Waals surface area contributed by atoms with Crippen LogP contribution >= 0.6 is 12.2 Å². The van der Waals surface area contributed by atoms with Crippen molar-refractivity contribution in [3.8, 4) is 0 Å². The Bertz CT molecular complexity index is 440. The molecule has 0 bridgehead atoms. The minimum atomic E-state index is -0.457. The molecule has 2 aliphatic heterocycles. The third kappa shape index (κ3) is 23.5. The van der Waals surface area contributed by atoms with Crippen LogP contribution in [0, 0.1) is 10.8 Å². The Kier molecular flexibility index (Phi) is 22.0. The van der Waals surface area contributed by atoms with Gasteiger partial charge in [0.05, 0.1) is 26.4 Å². The maximum Gasteiger partial charge on any atom is 2.00 e. The molecule has 173 valence electrons. The smallest absolute Gasteiger partial charge is 0.875 e. The summed E-state index contributed by atoms with van der Waals surface area (Å²) in [5, 5.41) is 26.2. The number of ketones is 1. The van der Waals surface area contributed by atoms with Crippen LogP contribution in [-0.2, 0) is 31.3 Å². The van der Waals surface area contributed by atoms with Crippen LogP contribution in [0.4, 0.5) is 0 Å². The fourth-order valence-electron chi connectivity index (χ4n) is 1.58. The van der Waals surface area contributed by atoms with E-state index in [1.54, 1.807) is 0 Å². The zero-order chi connectivity index (χ0) is 22.1. The van der Waals surface area contributed by atoms with Gasteiger partial charge in [-0.05, 0) is 11.5 Å². The summed E-state index contributed by atoms with van der Waals surface area (Å²) in [7, 11) is 0. The SMILES string of the molecule is C1COCCN1.C1COCCN1.CC(C)(C)C(=O)/C=C(\[O-])C(C)(C)C.[Cu+2].[N-]=C=S. The van der Waals surface area contributed by atoms with Crippen molar-refractivity contribution >= 4 is 23.2 Å². The molecule has 0 unspecified atom stereocenters. The molecule has 2 rings (SSSR count). The number of carbonyl (C=O) groups is 1. The summed E-state index contributed by atoms with van der Waals surface area (Å²) >= 11 is 3.70. The zero-order valence-electron chi connectivity index (χ0n) is 18.5. The normalized spacial score (nSPS) is 16.7. The maximum absolute atomic E-state index is 11.4. The third-order valence-corrected chi connectivity index (χ3v) is 3.43. The Morgan fingerprint density at radius 3 is 1.38 bits per heavy atom. The largest absolute Gasteiger partial charge is 2.00 e. The second-order valence-corrected chi connectivity index (χ2v) is 8.37. The number of rotatable bonds is 1. The van der Waals surface area contributed by atoms with E-state index in [0.717, 1.165) is 52.6 Å². The van der Waals surface area contributed by atoms with E-state index in [0.29, 0.717) is 0 Å². The molecule has 0 aromatic heterocycles. The van der Waals surface area contributed by atoms with Crippen LogP contribution in [0.1, 0.15) is 41.5 Å². The molecular formula is C20H37CuN3O4S. The molecule has 0 spiro atoms. The van der Waals surface area contributed by atoms with E-state index < -0.39 is 10.8 Å². The summed E-state index contributed by atoms with van der Waals surface area (Å²) in [6.07, 6.45) is 1.22. The number of allylic oxidation sites excluding steroid dienone is 2. The average Bonchev–Trinajstić information content (AvgIpc) is 2.65. The molecule has 0 atom stereocenters. The standard InChI is InChI=1S/C11H20O2.2C4H9NO.CNS.Cu/c1-10(2,3)8(12)7-9(13)11(4,5)6;2*1-3-6-4-2-5-1;2-1-3;/h7,12H,1-6H3;2*5H,1-4H2;;/q;;;-1;+2/p-1/b8-7-;;;;. The van der Waals surface area contributed by atoms with E-state index in [9.17, 15) is 9.90 Å². The average molecular weight is 479 g/mol. The van der Waals surface area contributed by atoms with Gasteiger partial charge in [0.2, 0.25) is 0 Å². The Labute approximate surface area is 192 Å². The molecule has 0 aliphatic carbocycles. The summed E-state index contributed by atoms with van der Waals surface area (Å²) < 4.78 is 10.0. The molecule has 0 aromatic rings. The van der Waals surface area contributed by atoms with E-state index in [1.165, 1.54) is 11.2 Å². The van der Waals surface area contributed by atoms with Gasteiger partial charge in [-0.1, -0.05) is 53.8 Å². The molecule has 7 nitrogen and oxygen atoms in total. The van der Waals surface area contributed by atoms with Crippen LogP contribution in [0.15, 0.2) is 11.8 Å². The van der Waals surface area contributed by atoms with E-state index in [2.05, 4.69) is 22.9 Å². The van der Waals surface area contributed by atoms with Crippen molar-refractivity contribution in [2.24, 2.45) is 10.8 Å². The monoisotopic (exact) mass is 478 g/mol. The molecule has 0 aromatic carbocycles. The van der Waals surface area contributed by atoms with Gasteiger partial charge in [0.1, 0.15) is 0 Å². The van der Waals surface area contributed by atoms with Gasteiger partial charge >= 0.3 is 17.1 Å². The number of morpholine rings is 2. The molecular weight excluding hydrogens is 442 g/mol. The molecule has 2 N–H and O–H groups in total. The number of nitrogens with zero attached hydrogens (tertiary/aromatic N) is 1. The number of ether oxygens (including phenoxy) is 2. The number of nitrogens with one attached hydrogen (secondary N) is 2. The fourth-order valence-corrected chi connectivity index (χ4v) is 1.58. The van der Waals surface area contributed by atoms with Gasteiger partial charge in [-0.2, -0.15) is 5.16 Å². The number of isothiocyanates is 1. The van der Waals surface area contributed by atoms with Gasteiger partial charge in [0.15, 0.2) is 5.78 Å². The van der Waals surface area contributed by atoms with Crippen LogP contribution in [0.2, 0.25) is 0 Å². The van der Waals surface area contributed by atoms with Crippen molar-refractivity contribution in [1.29, 1.82) is 0 Å². The van der Waals surface area contributed by atoms with Gasteiger partial charge in [0, 0.05) is 31.6 Å². The summed E-state index contributed by atoms with van der Waals surface area (Å²) in [6, 6.07) is 0. The van der Waals surface area contributed by atoms with Crippen molar-refractivity contribution in [3.05, 3.63) is 17.2 Å². The number of thiocarbonyl (C=S) groups is 1. The summed E-state index contributed by atoms with van der Waals surface area (Å²) in [5.74, 6) is -0.208. The molecule has 29 heavy (non-hydrogen) atoms. The summed E-state index contributed by atoms with van der Waals surface area (Å²) in [4.78, 5) is 11.4. The second kappa shape index (κ2) is 19.3. The van der Waals surface area contributed by atoms with Crippen molar-refractivity contribution in [2.75, 3.05) is 52.6 Å². The van der Waals surface area contributed by atoms with E-state index in [-0.39, 0.29) is 28.6 Å². The van der Waals surface area contributed by atoms with Gasteiger partial charge in [-0.3, -0.25) is 4.79 Å². The van der Waals surface area contributed by atoms with Gasteiger partial charge in [0.25, 0.3) is 0 Å². The second-order valence-electron chi connectivity index (χ2n) is 8.19. The van der Waals surface area contributed by atoms with E-state index in [4.69, 9.17) is 14.9 Å². The molecule has 2 fully saturated rings. The van der Waals surface area contributed by atoms with Crippen molar-refractivity contribution in [1.82, 2.24) is 10.6 Å². The Balaban J connectivity index is -0.000000351. The molecule has 2 saturated heterocycles. The third-order valence-electron chi connectivity index (χ3n) is 3.43. The quantitative estimate of drug-likeness (QED) is 0.194. The Morgan fingerprint density at radius 2 is 1.24 bits per heavy atom. The van der Waals surface area contributed by atoms with Gasteiger partial charge in [-0.15, -0.1) is 5.76 Å². The first-order valence-corrected chi connectivity index (χ1v) is 9.89. The van der Waals surface area contributed by atoms with Crippen LogP contribution in [0.3, 0.4) is 0 Å². The summed E-state index contributed by atoms with van der Waals surface area (Å²) in [6.45, 7) is 18.5. The van der Waals surface area contributed by atoms with Crippen molar-refractivity contribution in [2.45, 2.75) is 41.5 Å². The topological polar surface area (TPSA) is 105 Å². The van der Waals surface area contributed by atoms with Crippen LogP contribution in [-0.4, -0.2) is 63.6 Å². The molecule has 9 heteroatoms. The molecule has 1 radical (unpaired) electrons. The van der Waals surface area contributed by atoms with Crippen molar-refractivity contribution < 1.29 is 36.4 Å². The Morgan fingerprint density at radius 1 is 0.931 bits per heavy atom. The minimum Gasteiger partial charge on any atom is -0.875 e. The van der Waals surface area contributed by atoms with Crippen LogP contribution < -0.4 is 15.7 Å². The van der Waals surface area contributed by atoms with Crippen LogP contribution in [0.5, 0.6) is 0 Å². The molecule has 2 aliphatic rings. The molecule has 0 saturated carbocycles. The number of hydrogen-bond donors (Lipinski definition) is 2. The first-order valence-electron chi connectivity index (χ1n) is 9.48. The molecule has 2 heterocycles. The van der Waals surface area contributed by atoms with E-state index in [1.807, 2.05) is 41.5 Å². The van der Waals surface area contributed by atoms with Crippen LogP contribution in [0.25, 0.3) is 5.41 Å². The number of carbonyl (C=O) groups excluding carboxylic acids is 1. The maximum atomic E-state index is 11.4. The Hall–Kier alpha value is -0.631. The van der Waals surface area contributed by atoms with Gasteiger partial charge in [-0.25, -0.2) is 0 Å². The van der Waals surface area contributed by atoms with Gasteiger partial charge < -0.3 is 30.6 Å². The summed E-state index contributed by atoms with van der Waals surface area (Å²) in [5.41, 5.74) is -0.915. The first-order chi connectivity index (χ1) is 13.0.